The Morgan fingerprint density at radius 1 is 1.32 bits per heavy atom. The van der Waals surface area contributed by atoms with Crippen molar-refractivity contribution in [3.05, 3.63) is 41.5 Å². The highest BCUT2D eigenvalue weighted by Gasteiger charge is 2.29. The Hall–Kier alpha value is -3.24. The summed E-state index contributed by atoms with van der Waals surface area (Å²) in [6.07, 6.45) is -0.994. The lowest BCUT2D eigenvalue weighted by atomic mass is 10.2. The molecule has 3 heterocycles. The number of carbonyl (C=O) groups is 1. The van der Waals surface area contributed by atoms with Crippen LogP contribution in [0.2, 0.25) is 0 Å². The first-order chi connectivity index (χ1) is 13.2. The molecule has 1 amide bonds. The average molecular weight is 394 g/mol. The zero-order valence-electron chi connectivity index (χ0n) is 15.1. The third-order valence-electron chi connectivity index (χ3n) is 3.86. The predicted octanol–water partition coefficient (Wildman–Crippen LogP) is 1.81. The molecule has 3 aromatic heterocycles. The van der Waals surface area contributed by atoms with Gasteiger partial charge in [0.25, 0.3) is 0 Å². The minimum Gasteiger partial charge on any atom is -0.467 e. The van der Waals surface area contributed by atoms with Crippen LogP contribution >= 0.6 is 0 Å². The van der Waals surface area contributed by atoms with Crippen LogP contribution in [0.1, 0.15) is 17.0 Å². The van der Waals surface area contributed by atoms with Crippen molar-refractivity contribution in [3.63, 3.8) is 0 Å². The summed E-state index contributed by atoms with van der Waals surface area (Å²) < 4.78 is 43.0. The second-order valence-electron chi connectivity index (χ2n) is 6.09. The molecular weight excluding hydrogens is 377 g/mol. The number of carbonyl (C=O) groups excluding carboxylic acids is 1. The van der Waals surface area contributed by atoms with E-state index in [1.54, 1.807) is 43.2 Å². The van der Waals surface area contributed by atoms with Crippen molar-refractivity contribution in [2.75, 3.05) is 13.7 Å². The minimum atomic E-state index is -4.44. The van der Waals surface area contributed by atoms with Gasteiger partial charge in [0, 0.05) is 30.4 Å². The molecule has 0 bridgehead atoms. The highest BCUT2D eigenvalue weighted by molar-refractivity contribution is 5.86. The normalized spacial score (nSPS) is 11.6. The molecule has 8 nitrogen and oxygen atoms in total. The summed E-state index contributed by atoms with van der Waals surface area (Å²) in [4.78, 5) is 15.9. The zero-order valence-corrected chi connectivity index (χ0v) is 15.1. The van der Waals surface area contributed by atoms with Crippen molar-refractivity contribution >= 4 is 16.8 Å². The summed E-state index contributed by atoms with van der Waals surface area (Å²) in [6.45, 7) is 0.421. The molecular formula is C17H17F3N6O2. The van der Waals surface area contributed by atoms with Gasteiger partial charge in [-0.15, -0.1) is 10.2 Å². The van der Waals surface area contributed by atoms with E-state index in [0.29, 0.717) is 22.5 Å². The predicted molar refractivity (Wildman–Crippen MR) is 92.7 cm³/mol. The number of nitrogens with zero attached hydrogens (tertiary/aromatic N) is 5. The molecule has 3 aromatic rings. The quantitative estimate of drug-likeness (QED) is 0.685. The second-order valence-corrected chi connectivity index (χ2v) is 6.09. The van der Waals surface area contributed by atoms with E-state index in [9.17, 15) is 18.0 Å². The first-order valence-corrected chi connectivity index (χ1v) is 8.29. The number of ether oxygens (including phenoxy) is 1. The number of likely N-dealkylation sites (N-methyl/N-ethyl adjacent to an activating group) is 1. The standard InChI is InChI=1S/C17H17F3N6O2/c1-10-5-11(23-24-16(10)28-9-17(18,19)20)7-26-8-12-13(25-26)3-4-22-14(12)6-15(27)21-2/h3-5,8H,6-7,9H2,1-2H3,(H,21,27). The van der Waals surface area contributed by atoms with Gasteiger partial charge in [-0.3, -0.25) is 14.5 Å². The molecule has 0 saturated carbocycles. The molecule has 0 aromatic carbocycles. The molecule has 0 aliphatic heterocycles. The number of rotatable bonds is 6. The van der Waals surface area contributed by atoms with Crippen molar-refractivity contribution in [1.82, 2.24) is 30.3 Å². The average Bonchev–Trinajstić information content (AvgIpc) is 3.03. The van der Waals surface area contributed by atoms with E-state index in [2.05, 4.69) is 30.3 Å². The van der Waals surface area contributed by atoms with Gasteiger partial charge in [-0.05, 0) is 19.1 Å². The maximum absolute atomic E-state index is 12.3. The monoisotopic (exact) mass is 394 g/mol. The fourth-order valence-electron chi connectivity index (χ4n) is 2.58. The summed E-state index contributed by atoms with van der Waals surface area (Å²) in [5, 5.41) is 15.3. The summed E-state index contributed by atoms with van der Waals surface area (Å²) in [7, 11) is 1.55. The van der Waals surface area contributed by atoms with Crippen LogP contribution in [0.5, 0.6) is 5.88 Å². The van der Waals surface area contributed by atoms with Gasteiger partial charge in [-0.1, -0.05) is 0 Å². The lowest BCUT2D eigenvalue weighted by molar-refractivity contribution is -0.154. The van der Waals surface area contributed by atoms with E-state index in [1.807, 2.05) is 0 Å². The Bertz CT molecular complexity index is 1000. The molecule has 0 fully saturated rings. The van der Waals surface area contributed by atoms with Crippen molar-refractivity contribution < 1.29 is 22.7 Å². The molecule has 3 rings (SSSR count). The van der Waals surface area contributed by atoms with Gasteiger partial charge in [-0.2, -0.15) is 18.3 Å². The molecule has 0 aliphatic carbocycles. The fourth-order valence-corrected chi connectivity index (χ4v) is 2.58. The Morgan fingerprint density at radius 3 is 2.79 bits per heavy atom. The molecule has 0 aliphatic rings. The number of aryl methyl sites for hydroxylation is 1. The van der Waals surface area contributed by atoms with Gasteiger partial charge in [0.2, 0.25) is 11.8 Å². The third-order valence-corrected chi connectivity index (χ3v) is 3.86. The molecule has 11 heteroatoms. The summed E-state index contributed by atoms with van der Waals surface area (Å²) >= 11 is 0. The Labute approximate surface area is 157 Å². The van der Waals surface area contributed by atoms with E-state index >= 15 is 0 Å². The largest absolute Gasteiger partial charge is 0.467 e. The van der Waals surface area contributed by atoms with Crippen LogP contribution in [0.3, 0.4) is 0 Å². The number of nitrogens with one attached hydrogen (secondary N) is 1. The first-order valence-electron chi connectivity index (χ1n) is 8.29. The topological polar surface area (TPSA) is 94.8 Å². The first kappa shape index (κ1) is 19.5. The molecule has 0 spiro atoms. The Kier molecular flexibility index (Phi) is 5.43. The summed E-state index contributed by atoms with van der Waals surface area (Å²) in [5.41, 5.74) is 2.21. The second kappa shape index (κ2) is 7.79. The Balaban J connectivity index is 1.78. The minimum absolute atomic E-state index is 0.129. The van der Waals surface area contributed by atoms with Gasteiger partial charge in [0.1, 0.15) is 0 Å². The number of amides is 1. The van der Waals surface area contributed by atoms with Crippen molar-refractivity contribution in [2.24, 2.45) is 0 Å². The smallest absolute Gasteiger partial charge is 0.422 e. The van der Waals surface area contributed by atoms with Gasteiger partial charge < -0.3 is 10.1 Å². The number of alkyl halides is 3. The summed E-state index contributed by atoms with van der Waals surface area (Å²) in [6, 6.07) is 3.32. The van der Waals surface area contributed by atoms with Gasteiger partial charge >= 0.3 is 6.18 Å². The van der Waals surface area contributed by atoms with E-state index in [4.69, 9.17) is 0 Å². The lowest BCUT2D eigenvalue weighted by Gasteiger charge is -2.10. The zero-order chi connectivity index (χ0) is 20.3. The summed E-state index contributed by atoms with van der Waals surface area (Å²) in [5.74, 6) is -0.326. The van der Waals surface area contributed by atoms with E-state index in [1.165, 1.54) is 0 Å². The molecule has 148 valence electrons. The van der Waals surface area contributed by atoms with Crippen LogP contribution in [-0.2, 0) is 17.8 Å². The number of fused-ring (bicyclic) bond motifs is 1. The van der Waals surface area contributed by atoms with Crippen molar-refractivity contribution in [1.29, 1.82) is 0 Å². The van der Waals surface area contributed by atoms with Crippen LogP contribution in [0.15, 0.2) is 24.5 Å². The van der Waals surface area contributed by atoms with E-state index < -0.39 is 12.8 Å². The Morgan fingerprint density at radius 2 is 2.11 bits per heavy atom. The van der Waals surface area contributed by atoms with Crippen LogP contribution in [0.25, 0.3) is 10.9 Å². The van der Waals surface area contributed by atoms with Gasteiger partial charge in [0.05, 0.1) is 29.9 Å². The number of hydrogen-bond acceptors (Lipinski definition) is 6. The van der Waals surface area contributed by atoms with Gasteiger partial charge in [-0.25, -0.2) is 0 Å². The number of aromatic nitrogens is 5. The molecule has 0 saturated heterocycles. The number of halogens is 3. The SMILES string of the molecule is CNC(=O)Cc1nccc2nn(Cc3cc(C)c(OCC(F)(F)F)nn3)cc12. The third kappa shape index (κ3) is 4.72. The van der Waals surface area contributed by atoms with Crippen molar-refractivity contribution in [2.45, 2.75) is 26.1 Å². The van der Waals surface area contributed by atoms with Crippen LogP contribution in [0, 0.1) is 6.92 Å². The molecule has 1 N–H and O–H groups in total. The van der Waals surface area contributed by atoms with E-state index in [-0.39, 0.29) is 24.8 Å². The maximum atomic E-state index is 12.3. The number of hydrogen-bond donors (Lipinski definition) is 1. The highest BCUT2D eigenvalue weighted by Crippen LogP contribution is 2.20. The van der Waals surface area contributed by atoms with Crippen LogP contribution < -0.4 is 10.1 Å². The van der Waals surface area contributed by atoms with Crippen molar-refractivity contribution in [3.8, 4) is 5.88 Å². The highest BCUT2D eigenvalue weighted by atomic mass is 19.4. The fraction of sp³-hybridized carbons (Fsp3) is 0.353. The van der Waals surface area contributed by atoms with Crippen LogP contribution in [-0.4, -0.2) is 50.7 Å². The molecule has 28 heavy (non-hydrogen) atoms. The van der Waals surface area contributed by atoms with E-state index in [0.717, 1.165) is 5.39 Å². The van der Waals surface area contributed by atoms with Crippen LogP contribution in [0.4, 0.5) is 13.2 Å². The maximum Gasteiger partial charge on any atom is 0.422 e. The molecule has 0 atom stereocenters. The number of pyridine rings is 1. The molecule has 0 radical (unpaired) electrons. The lowest BCUT2D eigenvalue weighted by Crippen LogP contribution is -2.20. The molecule has 0 unspecified atom stereocenters. The van der Waals surface area contributed by atoms with Gasteiger partial charge in [0.15, 0.2) is 6.61 Å².